The molecule has 2 N–H and O–H groups in total. The monoisotopic (exact) mass is 354 g/mol. The molecule has 2 rings (SSSR count). The van der Waals surface area contributed by atoms with Crippen LogP contribution in [0.25, 0.3) is 0 Å². The van der Waals surface area contributed by atoms with Crippen molar-refractivity contribution in [1.82, 2.24) is 4.90 Å². The summed E-state index contributed by atoms with van der Waals surface area (Å²) in [5, 5.41) is 0. The highest BCUT2D eigenvalue weighted by atomic mass is 79.9. The van der Waals surface area contributed by atoms with E-state index in [0.29, 0.717) is 19.6 Å². The molecule has 1 amide bonds. The number of likely N-dealkylation sites (tertiary alicyclic amines) is 1. The first-order chi connectivity index (χ1) is 10.2. The minimum absolute atomic E-state index is 0.211. The van der Waals surface area contributed by atoms with Crippen LogP contribution >= 0.6 is 15.9 Å². The molecule has 0 bridgehead atoms. The summed E-state index contributed by atoms with van der Waals surface area (Å²) in [4.78, 5) is 14.2. The molecule has 1 fully saturated rings. The molecule has 1 aliphatic heterocycles. The number of hydrogen-bond donors (Lipinski definition) is 1. The zero-order chi connectivity index (χ0) is 15.1. The van der Waals surface area contributed by atoms with E-state index in [0.717, 1.165) is 36.0 Å². The van der Waals surface area contributed by atoms with E-state index >= 15 is 0 Å². The second kappa shape index (κ2) is 8.39. The van der Waals surface area contributed by atoms with Gasteiger partial charge in [0.25, 0.3) is 0 Å². The van der Waals surface area contributed by atoms with E-state index in [4.69, 9.17) is 10.5 Å². The molecule has 0 aromatic heterocycles. The van der Waals surface area contributed by atoms with Crippen molar-refractivity contribution in [2.45, 2.75) is 38.1 Å². The minimum Gasteiger partial charge on any atom is -0.494 e. The van der Waals surface area contributed by atoms with Gasteiger partial charge in [0, 0.05) is 30.0 Å². The molecule has 1 saturated heterocycles. The van der Waals surface area contributed by atoms with Crippen LogP contribution < -0.4 is 10.5 Å². The van der Waals surface area contributed by atoms with Crippen LogP contribution in [0.5, 0.6) is 5.75 Å². The number of hydrogen-bond acceptors (Lipinski definition) is 3. The van der Waals surface area contributed by atoms with E-state index in [1.165, 1.54) is 6.42 Å². The second-order valence-corrected chi connectivity index (χ2v) is 6.30. The van der Waals surface area contributed by atoms with Gasteiger partial charge in [0.1, 0.15) is 5.75 Å². The van der Waals surface area contributed by atoms with Gasteiger partial charge in [-0.2, -0.15) is 0 Å². The molecular formula is C16H23BrN2O2. The number of nitrogens with zero attached hydrogens (tertiary/aromatic N) is 1. The maximum Gasteiger partial charge on any atom is 0.222 e. The Bertz CT molecular complexity index is 467. The smallest absolute Gasteiger partial charge is 0.222 e. The van der Waals surface area contributed by atoms with E-state index in [1.54, 1.807) is 0 Å². The normalized spacial score (nSPS) is 18.6. The van der Waals surface area contributed by atoms with Gasteiger partial charge in [0.2, 0.25) is 5.91 Å². The molecule has 1 heterocycles. The van der Waals surface area contributed by atoms with Crippen molar-refractivity contribution in [3.05, 3.63) is 28.7 Å². The third kappa shape index (κ3) is 5.00. The van der Waals surface area contributed by atoms with Gasteiger partial charge in [0.15, 0.2) is 0 Å². The number of nitrogens with two attached hydrogens (primary N) is 1. The molecular weight excluding hydrogens is 332 g/mol. The molecule has 0 aliphatic carbocycles. The number of halogens is 1. The highest BCUT2D eigenvalue weighted by molar-refractivity contribution is 9.10. The van der Waals surface area contributed by atoms with E-state index in [-0.39, 0.29) is 11.9 Å². The summed E-state index contributed by atoms with van der Waals surface area (Å²) in [5.41, 5.74) is 5.75. The van der Waals surface area contributed by atoms with Crippen LogP contribution in [-0.4, -0.2) is 36.5 Å². The predicted octanol–water partition coefficient (Wildman–Crippen LogP) is 2.95. The van der Waals surface area contributed by atoms with E-state index in [9.17, 15) is 4.79 Å². The van der Waals surface area contributed by atoms with Gasteiger partial charge in [-0.25, -0.2) is 0 Å². The minimum atomic E-state index is 0.211. The molecule has 4 nitrogen and oxygen atoms in total. The van der Waals surface area contributed by atoms with Gasteiger partial charge in [-0.15, -0.1) is 0 Å². The van der Waals surface area contributed by atoms with Gasteiger partial charge in [-0.3, -0.25) is 4.79 Å². The Balaban J connectivity index is 1.71. The Morgan fingerprint density at radius 2 is 2.29 bits per heavy atom. The molecule has 1 aliphatic rings. The molecule has 0 saturated carbocycles. The van der Waals surface area contributed by atoms with Crippen molar-refractivity contribution in [3.63, 3.8) is 0 Å². The second-order valence-electron chi connectivity index (χ2n) is 5.38. The van der Waals surface area contributed by atoms with Crippen molar-refractivity contribution in [2.24, 2.45) is 5.73 Å². The fraction of sp³-hybridized carbons (Fsp3) is 0.562. The van der Waals surface area contributed by atoms with Gasteiger partial charge in [0.05, 0.1) is 6.61 Å². The Morgan fingerprint density at radius 3 is 3.05 bits per heavy atom. The Kier molecular flexibility index (Phi) is 6.51. The molecule has 0 spiro atoms. The predicted molar refractivity (Wildman–Crippen MR) is 87.3 cm³/mol. The number of benzene rings is 1. The van der Waals surface area contributed by atoms with Gasteiger partial charge >= 0.3 is 0 Å². The average molecular weight is 355 g/mol. The summed E-state index contributed by atoms with van der Waals surface area (Å²) in [6.45, 7) is 1.98. The maximum atomic E-state index is 12.2. The topological polar surface area (TPSA) is 55.6 Å². The Hall–Kier alpha value is -1.07. The molecule has 1 unspecified atom stereocenters. The van der Waals surface area contributed by atoms with Crippen molar-refractivity contribution < 1.29 is 9.53 Å². The lowest BCUT2D eigenvalue weighted by Gasteiger charge is -2.35. The summed E-state index contributed by atoms with van der Waals surface area (Å²) >= 11 is 3.41. The van der Waals surface area contributed by atoms with Crippen molar-refractivity contribution in [2.75, 3.05) is 19.7 Å². The van der Waals surface area contributed by atoms with E-state index < -0.39 is 0 Å². The standard InChI is InChI=1S/C16H23BrN2O2/c17-13-5-3-7-15(11-13)21-10-4-8-16(20)19-9-2-1-6-14(19)12-18/h3,5,7,11,14H,1-2,4,6,8-10,12,18H2. The van der Waals surface area contributed by atoms with Gasteiger partial charge in [-0.1, -0.05) is 22.0 Å². The fourth-order valence-corrected chi connectivity index (χ4v) is 3.07. The number of carbonyl (C=O) groups is 1. The van der Waals surface area contributed by atoms with Crippen LogP contribution in [-0.2, 0) is 4.79 Å². The van der Waals surface area contributed by atoms with Gasteiger partial charge < -0.3 is 15.4 Å². The Morgan fingerprint density at radius 1 is 1.43 bits per heavy atom. The molecule has 21 heavy (non-hydrogen) atoms. The molecule has 116 valence electrons. The first-order valence-electron chi connectivity index (χ1n) is 7.58. The zero-order valence-corrected chi connectivity index (χ0v) is 13.8. The van der Waals surface area contributed by atoms with E-state index in [1.807, 2.05) is 29.2 Å². The summed E-state index contributed by atoms with van der Waals surface area (Å²) < 4.78 is 6.65. The van der Waals surface area contributed by atoms with Crippen LogP contribution in [0, 0.1) is 0 Å². The van der Waals surface area contributed by atoms with Crippen LogP contribution in [0.2, 0.25) is 0 Å². The zero-order valence-electron chi connectivity index (χ0n) is 12.3. The third-order valence-corrected chi connectivity index (χ3v) is 4.31. The molecule has 5 heteroatoms. The number of piperidine rings is 1. The average Bonchev–Trinajstić information content (AvgIpc) is 2.51. The molecule has 1 atom stereocenters. The van der Waals surface area contributed by atoms with Crippen molar-refractivity contribution in [1.29, 1.82) is 0 Å². The fourth-order valence-electron chi connectivity index (χ4n) is 2.69. The lowest BCUT2D eigenvalue weighted by Crippen LogP contribution is -2.47. The maximum absolute atomic E-state index is 12.2. The number of carbonyl (C=O) groups excluding carboxylic acids is 1. The summed E-state index contributed by atoms with van der Waals surface area (Å²) in [7, 11) is 0. The van der Waals surface area contributed by atoms with Crippen LogP contribution in [0.4, 0.5) is 0 Å². The number of rotatable bonds is 6. The van der Waals surface area contributed by atoms with E-state index in [2.05, 4.69) is 15.9 Å². The molecule has 1 aromatic rings. The van der Waals surface area contributed by atoms with Crippen molar-refractivity contribution >= 4 is 21.8 Å². The number of amides is 1. The van der Waals surface area contributed by atoms with Crippen molar-refractivity contribution in [3.8, 4) is 5.75 Å². The third-order valence-electron chi connectivity index (χ3n) is 3.82. The summed E-state index contributed by atoms with van der Waals surface area (Å²) in [5.74, 6) is 1.04. The Labute approximate surface area is 134 Å². The highest BCUT2D eigenvalue weighted by Gasteiger charge is 2.24. The molecule has 0 radical (unpaired) electrons. The lowest BCUT2D eigenvalue weighted by molar-refractivity contribution is -0.134. The first-order valence-corrected chi connectivity index (χ1v) is 8.38. The van der Waals surface area contributed by atoms with Crippen LogP contribution in [0.3, 0.4) is 0 Å². The van der Waals surface area contributed by atoms with Crippen LogP contribution in [0.15, 0.2) is 28.7 Å². The number of ether oxygens (including phenoxy) is 1. The molecule has 1 aromatic carbocycles. The SMILES string of the molecule is NCC1CCCCN1C(=O)CCCOc1cccc(Br)c1. The lowest BCUT2D eigenvalue weighted by atomic mass is 10.0. The summed E-state index contributed by atoms with van der Waals surface area (Å²) in [6, 6.07) is 7.97. The highest BCUT2D eigenvalue weighted by Crippen LogP contribution is 2.19. The first kappa shape index (κ1) is 16.3. The van der Waals surface area contributed by atoms with Crippen LogP contribution in [0.1, 0.15) is 32.1 Å². The van der Waals surface area contributed by atoms with Gasteiger partial charge in [-0.05, 0) is 43.9 Å². The summed E-state index contributed by atoms with van der Waals surface area (Å²) in [6.07, 6.45) is 4.58. The largest absolute Gasteiger partial charge is 0.494 e. The quantitative estimate of drug-likeness (QED) is 0.799.